The van der Waals surface area contributed by atoms with Gasteiger partial charge in [-0.25, -0.2) is 0 Å². The zero-order valence-corrected chi connectivity index (χ0v) is 7.66. The highest BCUT2D eigenvalue weighted by molar-refractivity contribution is 5.36. The van der Waals surface area contributed by atoms with Gasteiger partial charge in [0.25, 0.3) is 0 Å². The van der Waals surface area contributed by atoms with Gasteiger partial charge in [0.15, 0.2) is 0 Å². The molecule has 0 fully saturated rings. The summed E-state index contributed by atoms with van der Waals surface area (Å²) in [6.07, 6.45) is 3.33. The Kier molecular flexibility index (Phi) is 2.23. The summed E-state index contributed by atoms with van der Waals surface area (Å²) in [4.78, 5) is 0. The molecule has 1 aromatic carbocycles. The minimum absolute atomic E-state index is 0.372. The van der Waals surface area contributed by atoms with Crippen LogP contribution in [0.1, 0.15) is 17.5 Å². The summed E-state index contributed by atoms with van der Waals surface area (Å²) in [5, 5.41) is 9.32. The van der Waals surface area contributed by atoms with Crippen molar-refractivity contribution in [2.24, 2.45) is 11.7 Å². The maximum Gasteiger partial charge on any atom is 0.115 e. The number of benzene rings is 1. The SMILES string of the molecule is NC[C@H]1CCc2ccc(O)cc2C1. The van der Waals surface area contributed by atoms with Crippen LogP contribution in [0.4, 0.5) is 0 Å². The second-order valence-corrected chi connectivity index (χ2v) is 3.80. The minimum atomic E-state index is 0.372. The van der Waals surface area contributed by atoms with Crippen molar-refractivity contribution in [3.63, 3.8) is 0 Å². The molecule has 1 aromatic rings. The molecular weight excluding hydrogens is 162 g/mol. The molecule has 0 amide bonds. The first-order valence-corrected chi connectivity index (χ1v) is 4.80. The number of aryl methyl sites for hydroxylation is 1. The molecule has 3 N–H and O–H groups in total. The lowest BCUT2D eigenvalue weighted by Crippen LogP contribution is -2.21. The van der Waals surface area contributed by atoms with Crippen molar-refractivity contribution < 1.29 is 5.11 Å². The number of nitrogens with two attached hydrogens (primary N) is 1. The highest BCUT2D eigenvalue weighted by Crippen LogP contribution is 2.27. The molecule has 0 radical (unpaired) electrons. The van der Waals surface area contributed by atoms with Gasteiger partial charge in [0.05, 0.1) is 0 Å². The summed E-state index contributed by atoms with van der Waals surface area (Å²) in [6, 6.07) is 5.66. The number of phenolic OH excluding ortho intramolecular Hbond substituents is 1. The number of fused-ring (bicyclic) bond motifs is 1. The van der Waals surface area contributed by atoms with Crippen molar-refractivity contribution in [1.82, 2.24) is 0 Å². The number of phenols is 1. The van der Waals surface area contributed by atoms with E-state index in [0.717, 1.165) is 19.4 Å². The molecule has 1 aliphatic rings. The maximum atomic E-state index is 9.32. The van der Waals surface area contributed by atoms with Crippen LogP contribution in [-0.2, 0) is 12.8 Å². The van der Waals surface area contributed by atoms with Crippen LogP contribution in [0.2, 0.25) is 0 Å². The van der Waals surface area contributed by atoms with Gasteiger partial charge in [-0.05, 0) is 55.0 Å². The van der Waals surface area contributed by atoms with Crippen LogP contribution in [0.25, 0.3) is 0 Å². The fourth-order valence-electron chi connectivity index (χ4n) is 2.02. The Morgan fingerprint density at radius 3 is 3.00 bits per heavy atom. The predicted octanol–water partition coefficient (Wildman–Crippen LogP) is 1.46. The first-order valence-electron chi connectivity index (χ1n) is 4.80. The van der Waals surface area contributed by atoms with E-state index in [9.17, 15) is 5.11 Å². The summed E-state index contributed by atoms with van der Waals surface area (Å²) in [6.45, 7) is 0.759. The van der Waals surface area contributed by atoms with Crippen LogP contribution in [0, 0.1) is 5.92 Å². The summed E-state index contributed by atoms with van der Waals surface area (Å²) in [7, 11) is 0. The third-order valence-corrected chi connectivity index (χ3v) is 2.85. The van der Waals surface area contributed by atoms with Gasteiger partial charge in [-0.15, -0.1) is 0 Å². The lowest BCUT2D eigenvalue weighted by molar-refractivity contribution is 0.455. The molecule has 0 spiro atoms. The Balaban J connectivity index is 2.27. The molecule has 0 saturated heterocycles. The normalized spacial score (nSPS) is 21.2. The zero-order chi connectivity index (χ0) is 9.26. The average Bonchev–Trinajstić information content (AvgIpc) is 2.16. The number of rotatable bonds is 1. The van der Waals surface area contributed by atoms with Gasteiger partial charge in [0, 0.05) is 0 Å². The van der Waals surface area contributed by atoms with Crippen LogP contribution in [0.3, 0.4) is 0 Å². The van der Waals surface area contributed by atoms with E-state index in [-0.39, 0.29) is 0 Å². The van der Waals surface area contributed by atoms with Crippen molar-refractivity contribution >= 4 is 0 Å². The Labute approximate surface area is 78.4 Å². The van der Waals surface area contributed by atoms with E-state index >= 15 is 0 Å². The van der Waals surface area contributed by atoms with Crippen LogP contribution in [-0.4, -0.2) is 11.7 Å². The molecule has 1 aliphatic carbocycles. The van der Waals surface area contributed by atoms with E-state index in [2.05, 4.69) is 0 Å². The van der Waals surface area contributed by atoms with Crippen LogP contribution < -0.4 is 5.73 Å². The molecule has 0 heterocycles. The molecular formula is C11H15NO. The number of hydrogen-bond acceptors (Lipinski definition) is 2. The van der Waals surface area contributed by atoms with E-state index in [4.69, 9.17) is 5.73 Å². The molecule has 0 unspecified atom stereocenters. The van der Waals surface area contributed by atoms with E-state index < -0.39 is 0 Å². The van der Waals surface area contributed by atoms with Crippen molar-refractivity contribution in [2.75, 3.05) is 6.54 Å². The highest BCUT2D eigenvalue weighted by Gasteiger charge is 2.17. The second kappa shape index (κ2) is 3.38. The van der Waals surface area contributed by atoms with Gasteiger partial charge in [-0.1, -0.05) is 6.07 Å². The largest absolute Gasteiger partial charge is 0.508 e. The Morgan fingerprint density at radius 2 is 2.23 bits per heavy atom. The van der Waals surface area contributed by atoms with Gasteiger partial charge < -0.3 is 10.8 Å². The minimum Gasteiger partial charge on any atom is -0.508 e. The van der Waals surface area contributed by atoms with Crippen LogP contribution in [0.15, 0.2) is 18.2 Å². The maximum absolute atomic E-state index is 9.32. The van der Waals surface area contributed by atoms with Gasteiger partial charge >= 0.3 is 0 Å². The fraction of sp³-hybridized carbons (Fsp3) is 0.455. The van der Waals surface area contributed by atoms with E-state index in [0.29, 0.717) is 11.7 Å². The molecule has 1 atom stereocenters. The predicted molar refractivity (Wildman–Crippen MR) is 52.7 cm³/mol. The number of hydrogen-bond donors (Lipinski definition) is 2. The number of aromatic hydroxyl groups is 1. The zero-order valence-electron chi connectivity index (χ0n) is 7.66. The molecule has 0 bridgehead atoms. The lowest BCUT2D eigenvalue weighted by Gasteiger charge is -2.23. The molecule has 13 heavy (non-hydrogen) atoms. The van der Waals surface area contributed by atoms with Gasteiger partial charge in [0.1, 0.15) is 5.75 Å². The first-order chi connectivity index (χ1) is 6.29. The molecule has 2 heteroatoms. The highest BCUT2D eigenvalue weighted by atomic mass is 16.3. The second-order valence-electron chi connectivity index (χ2n) is 3.80. The van der Waals surface area contributed by atoms with Crippen molar-refractivity contribution in [3.05, 3.63) is 29.3 Å². The molecule has 2 rings (SSSR count). The van der Waals surface area contributed by atoms with Crippen LogP contribution >= 0.6 is 0 Å². The summed E-state index contributed by atoms with van der Waals surface area (Å²) >= 11 is 0. The summed E-state index contributed by atoms with van der Waals surface area (Å²) in [5.74, 6) is 0.978. The first kappa shape index (κ1) is 8.57. The van der Waals surface area contributed by atoms with Gasteiger partial charge in [-0.2, -0.15) is 0 Å². The average molecular weight is 177 g/mol. The van der Waals surface area contributed by atoms with Gasteiger partial charge in [0.2, 0.25) is 0 Å². The topological polar surface area (TPSA) is 46.2 Å². The molecule has 2 nitrogen and oxygen atoms in total. The Hall–Kier alpha value is -1.02. The quantitative estimate of drug-likeness (QED) is 0.682. The van der Waals surface area contributed by atoms with E-state index in [1.807, 2.05) is 12.1 Å². The van der Waals surface area contributed by atoms with Crippen LogP contribution in [0.5, 0.6) is 5.75 Å². The Bertz CT molecular complexity index is 309. The standard InChI is InChI=1S/C11H15NO/c12-7-8-1-2-9-3-4-11(13)6-10(9)5-8/h3-4,6,8,13H,1-2,5,7,12H2/t8-/m0/s1. The van der Waals surface area contributed by atoms with Gasteiger partial charge in [-0.3, -0.25) is 0 Å². The van der Waals surface area contributed by atoms with E-state index in [1.165, 1.54) is 17.5 Å². The molecule has 0 aliphatic heterocycles. The van der Waals surface area contributed by atoms with Crippen molar-refractivity contribution in [2.45, 2.75) is 19.3 Å². The summed E-state index contributed by atoms with van der Waals surface area (Å²) in [5.41, 5.74) is 8.29. The van der Waals surface area contributed by atoms with Crippen molar-refractivity contribution in [1.29, 1.82) is 0 Å². The van der Waals surface area contributed by atoms with E-state index in [1.54, 1.807) is 6.07 Å². The monoisotopic (exact) mass is 177 g/mol. The Morgan fingerprint density at radius 1 is 1.38 bits per heavy atom. The third kappa shape index (κ3) is 1.68. The van der Waals surface area contributed by atoms with Crippen molar-refractivity contribution in [3.8, 4) is 5.75 Å². The third-order valence-electron chi connectivity index (χ3n) is 2.85. The lowest BCUT2D eigenvalue weighted by atomic mass is 9.84. The fourth-order valence-corrected chi connectivity index (χ4v) is 2.02. The summed E-state index contributed by atoms with van der Waals surface area (Å²) < 4.78 is 0. The smallest absolute Gasteiger partial charge is 0.115 e. The molecule has 0 saturated carbocycles. The molecule has 0 aromatic heterocycles. The molecule has 70 valence electrons.